The summed E-state index contributed by atoms with van der Waals surface area (Å²) in [6, 6.07) is 19.2. The Bertz CT molecular complexity index is 476. The highest BCUT2D eigenvalue weighted by Crippen LogP contribution is 2.23. The summed E-state index contributed by atoms with van der Waals surface area (Å²) in [5, 5.41) is 3.42. The minimum absolute atomic E-state index is 0.948. The quantitative estimate of drug-likeness (QED) is 0.785. The zero-order valence-corrected chi connectivity index (χ0v) is 11.8. The molecule has 2 aromatic rings. The topological polar surface area (TPSA) is 15.3 Å². The molecule has 0 aliphatic carbocycles. The largest absolute Gasteiger partial charge is 0.345 e. The number of hydrogen-bond donors (Lipinski definition) is 1. The normalized spacial score (nSPS) is 10.4. The van der Waals surface area contributed by atoms with E-state index < -0.39 is 0 Å². The lowest BCUT2D eigenvalue weighted by Crippen LogP contribution is -2.14. The fraction of sp³-hybridized carbons (Fsp3) is 0.294. The fourth-order valence-corrected chi connectivity index (χ4v) is 2.05. The van der Waals surface area contributed by atoms with E-state index in [2.05, 4.69) is 72.7 Å². The molecule has 2 heteroatoms. The fourth-order valence-electron chi connectivity index (χ4n) is 2.05. The third-order valence-electron chi connectivity index (χ3n) is 3.22. The van der Waals surface area contributed by atoms with E-state index in [0.717, 1.165) is 13.1 Å². The first-order chi connectivity index (χ1) is 9.31. The average molecular weight is 254 g/mol. The Hall–Kier alpha value is -1.80. The van der Waals surface area contributed by atoms with E-state index in [1.807, 2.05) is 6.07 Å². The molecule has 2 nitrogen and oxygen atoms in total. The van der Waals surface area contributed by atoms with Crippen LogP contribution in [0, 0.1) is 0 Å². The second-order valence-corrected chi connectivity index (χ2v) is 4.74. The van der Waals surface area contributed by atoms with Crippen LogP contribution in [0.4, 0.5) is 11.4 Å². The smallest absolute Gasteiger partial charge is 0.0408 e. The lowest BCUT2D eigenvalue weighted by molar-refractivity contribution is 0.675. The van der Waals surface area contributed by atoms with Crippen molar-refractivity contribution in [3.8, 4) is 0 Å². The monoisotopic (exact) mass is 254 g/mol. The Kier molecular flexibility index (Phi) is 4.99. The van der Waals surface area contributed by atoms with Gasteiger partial charge in [-0.1, -0.05) is 37.3 Å². The Morgan fingerprint density at radius 2 is 1.53 bits per heavy atom. The van der Waals surface area contributed by atoms with Crippen molar-refractivity contribution in [1.29, 1.82) is 0 Å². The second kappa shape index (κ2) is 6.95. The molecule has 0 unspecified atom stereocenters. The van der Waals surface area contributed by atoms with Gasteiger partial charge in [-0.3, -0.25) is 0 Å². The molecule has 2 rings (SSSR count). The molecule has 0 amide bonds. The molecular formula is C17H22N2. The number of anilines is 2. The Morgan fingerprint density at radius 1 is 0.895 bits per heavy atom. The Labute approximate surface area is 116 Å². The van der Waals surface area contributed by atoms with Gasteiger partial charge in [0.05, 0.1) is 0 Å². The van der Waals surface area contributed by atoms with Crippen LogP contribution in [0.3, 0.4) is 0 Å². The first-order valence-electron chi connectivity index (χ1n) is 6.89. The maximum absolute atomic E-state index is 3.42. The molecular weight excluding hydrogens is 232 g/mol. The summed E-state index contributed by atoms with van der Waals surface area (Å²) >= 11 is 0. The summed E-state index contributed by atoms with van der Waals surface area (Å²) in [4.78, 5) is 2.20. The van der Waals surface area contributed by atoms with Crippen LogP contribution in [0.15, 0.2) is 54.6 Å². The van der Waals surface area contributed by atoms with Crippen LogP contribution in [0.25, 0.3) is 0 Å². The predicted octanol–water partition coefficient (Wildman–Crippen LogP) is 3.95. The van der Waals surface area contributed by atoms with Crippen LogP contribution in [0.2, 0.25) is 0 Å². The molecule has 0 heterocycles. The molecule has 0 aliphatic rings. The van der Waals surface area contributed by atoms with Gasteiger partial charge in [0.15, 0.2) is 0 Å². The van der Waals surface area contributed by atoms with Gasteiger partial charge in [-0.05, 0) is 42.8 Å². The molecule has 0 saturated carbocycles. The van der Waals surface area contributed by atoms with Crippen LogP contribution in [-0.2, 0) is 6.54 Å². The van der Waals surface area contributed by atoms with E-state index >= 15 is 0 Å². The zero-order valence-electron chi connectivity index (χ0n) is 11.8. The third kappa shape index (κ3) is 3.83. The lowest BCUT2D eigenvalue weighted by Gasteiger charge is -2.19. The molecule has 0 bridgehead atoms. The van der Waals surface area contributed by atoms with Crippen molar-refractivity contribution in [2.45, 2.75) is 19.9 Å². The van der Waals surface area contributed by atoms with Crippen LogP contribution in [0.1, 0.15) is 18.9 Å². The number of nitrogens with zero attached hydrogens (tertiary/aromatic N) is 1. The molecule has 0 radical (unpaired) electrons. The van der Waals surface area contributed by atoms with Crippen molar-refractivity contribution in [3.63, 3.8) is 0 Å². The summed E-state index contributed by atoms with van der Waals surface area (Å²) in [5.74, 6) is 0. The number of hydrogen-bond acceptors (Lipinski definition) is 2. The molecule has 1 N–H and O–H groups in total. The molecule has 19 heavy (non-hydrogen) atoms. The predicted molar refractivity (Wildman–Crippen MR) is 82.9 cm³/mol. The first kappa shape index (κ1) is 13.6. The van der Waals surface area contributed by atoms with E-state index in [1.165, 1.54) is 23.4 Å². The number of nitrogens with one attached hydrogen (secondary N) is 1. The minimum atomic E-state index is 0.948. The Balaban J connectivity index is 2.02. The average Bonchev–Trinajstić information content (AvgIpc) is 2.48. The molecule has 0 atom stereocenters. The van der Waals surface area contributed by atoms with Crippen molar-refractivity contribution in [1.82, 2.24) is 5.32 Å². The molecule has 2 aromatic carbocycles. The van der Waals surface area contributed by atoms with Gasteiger partial charge >= 0.3 is 0 Å². The van der Waals surface area contributed by atoms with Gasteiger partial charge in [0.25, 0.3) is 0 Å². The summed E-state index contributed by atoms with van der Waals surface area (Å²) in [5.41, 5.74) is 3.75. The number of benzene rings is 2. The van der Waals surface area contributed by atoms with Gasteiger partial charge in [-0.2, -0.15) is 0 Å². The molecule has 0 spiro atoms. The van der Waals surface area contributed by atoms with Gasteiger partial charge in [0.2, 0.25) is 0 Å². The summed E-state index contributed by atoms with van der Waals surface area (Å²) < 4.78 is 0. The molecule has 0 saturated heterocycles. The second-order valence-electron chi connectivity index (χ2n) is 4.74. The highest BCUT2D eigenvalue weighted by atomic mass is 15.1. The van der Waals surface area contributed by atoms with E-state index in [9.17, 15) is 0 Å². The van der Waals surface area contributed by atoms with Gasteiger partial charge in [0, 0.05) is 25.0 Å². The zero-order chi connectivity index (χ0) is 13.5. The van der Waals surface area contributed by atoms with Gasteiger partial charge in [-0.25, -0.2) is 0 Å². The van der Waals surface area contributed by atoms with Gasteiger partial charge < -0.3 is 10.2 Å². The van der Waals surface area contributed by atoms with E-state index in [-0.39, 0.29) is 0 Å². The van der Waals surface area contributed by atoms with Gasteiger partial charge in [0.1, 0.15) is 0 Å². The third-order valence-corrected chi connectivity index (χ3v) is 3.22. The molecule has 100 valence electrons. The standard InChI is InChI=1S/C17H22N2/c1-3-13-18-14-15-9-11-17(12-10-15)19(2)16-7-5-4-6-8-16/h4-12,18H,3,13-14H2,1-2H3. The Morgan fingerprint density at radius 3 is 2.16 bits per heavy atom. The molecule has 0 aromatic heterocycles. The van der Waals surface area contributed by atoms with E-state index in [1.54, 1.807) is 0 Å². The maximum Gasteiger partial charge on any atom is 0.0408 e. The molecule has 0 aliphatic heterocycles. The summed E-state index contributed by atoms with van der Waals surface area (Å²) in [7, 11) is 2.10. The summed E-state index contributed by atoms with van der Waals surface area (Å²) in [6.07, 6.45) is 1.18. The SMILES string of the molecule is CCCNCc1ccc(N(C)c2ccccc2)cc1. The van der Waals surface area contributed by atoms with Gasteiger partial charge in [-0.15, -0.1) is 0 Å². The minimum Gasteiger partial charge on any atom is -0.345 e. The lowest BCUT2D eigenvalue weighted by atomic mass is 10.2. The van der Waals surface area contributed by atoms with E-state index in [0.29, 0.717) is 0 Å². The first-order valence-corrected chi connectivity index (χ1v) is 6.89. The van der Waals surface area contributed by atoms with E-state index in [4.69, 9.17) is 0 Å². The highest BCUT2D eigenvalue weighted by Gasteiger charge is 2.02. The van der Waals surface area contributed by atoms with Crippen LogP contribution in [-0.4, -0.2) is 13.6 Å². The van der Waals surface area contributed by atoms with Crippen LogP contribution >= 0.6 is 0 Å². The summed E-state index contributed by atoms with van der Waals surface area (Å²) in [6.45, 7) is 4.21. The van der Waals surface area contributed by atoms with Crippen molar-refractivity contribution in [3.05, 3.63) is 60.2 Å². The van der Waals surface area contributed by atoms with Crippen molar-refractivity contribution in [2.24, 2.45) is 0 Å². The van der Waals surface area contributed by atoms with Crippen LogP contribution < -0.4 is 10.2 Å². The number of para-hydroxylation sites is 1. The number of rotatable bonds is 6. The van der Waals surface area contributed by atoms with Crippen LogP contribution in [0.5, 0.6) is 0 Å². The van der Waals surface area contributed by atoms with Crippen molar-refractivity contribution >= 4 is 11.4 Å². The highest BCUT2D eigenvalue weighted by molar-refractivity contribution is 5.62. The maximum atomic E-state index is 3.42. The van der Waals surface area contributed by atoms with Crippen molar-refractivity contribution in [2.75, 3.05) is 18.5 Å². The van der Waals surface area contributed by atoms with Crippen molar-refractivity contribution < 1.29 is 0 Å². The molecule has 0 fully saturated rings.